The summed E-state index contributed by atoms with van der Waals surface area (Å²) in [7, 11) is 2.59. The zero-order valence-electron chi connectivity index (χ0n) is 22.6. The summed E-state index contributed by atoms with van der Waals surface area (Å²) >= 11 is 0. The van der Waals surface area contributed by atoms with Crippen LogP contribution in [0.3, 0.4) is 0 Å². The summed E-state index contributed by atoms with van der Waals surface area (Å²) in [5.41, 5.74) is 5.77. The van der Waals surface area contributed by atoms with E-state index in [1.54, 1.807) is 13.8 Å². The molecule has 1 unspecified atom stereocenters. The van der Waals surface area contributed by atoms with Gasteiger partial charge in [0, 0.05) is 44.4 Å². The molecule has 0 aromatic heterocycles. The Bertz CT molecular complexity index is 1330. The fraction of sp³-hybridized carbons (Fsp3) is 0.333. The highest BCUT2D eigenvalue weighted by Gasteiger charge is 2.32. The van der Waals surface area contributed by atoms with Gasteiger partial charge in [0.2, 0.25) is 5.91 Å². The van der Waals surface area contributed by atoms with Crippen LogP contribution in [0, 0.1) is 17.5 Å². The molecule has 0 aliphatic rings. The summed E-state index contributed by atoms with van der Waals surface area (Å²) in [5, 5.41) is 6.79. The molecule has 0 heterocycles. The van der Waals surface area contributed by atoms with Crippen LogP contribution in [0.15, 0.2) is 62.9 Å². The van der Waals surface area contributed by atoms with Crippen molar-refractivity contribution >= 4 is 23.7 Å². The highest BCUT2D eigenvalue weighted by Crippen LogP contribution is 2.30. The van der Waals surface area contributed by atoms with Gasteiger partial charge in [-0.15, -0.1) is 0 Å². The lowest BCUT2D eigenvalue weighted by Crippen LogP contribution is -2.35. The van der Waals surface area contributed by atoms with E-state index in [2.05, 4.69) is 20.4 Å². The van der Waals surface area contributed by atoms with Crippen molar-refractivity contribution in [2.75, 3.05) is 20.6 Å². The van der Waals surface area contributed by atoms with Crippen LogP contribution in [0.25, 0.3) is 0 Å². The molecule has 0 spiro atoms. The van der Waals surface area contributed by atoms with Gasteiger partial charge < -0.3 is 11.1 Å². The molecular formula is C27H30F6N6O. The van der Waals surface area contributed by atoms with Gasteiger partial charge in [0.15, 0.2) is 0 Å². The van der Waals surface area contributed by atoms with Crippen molar-refractivity contribution in [3.05, 3.63) is 81.9 Å². The summed E-state index contributed by atoms with van der Waals surface area (Å²) in [5.74, 6) is -3.71. The molecule has 2 rings (SSSR count). The van der Waals surface area contributed by atoms with E-state index in [0.29, 0.717) is 11.6 Å². The number of nitrogens with two attached hydrogens (primary N) is 1. The van der Waals surface area contributed by atoms with Gasteiger partial charge in [0.25, 0.3) is 0 Å². The van der Waals surface area contributed by atoms with E-state index < -0.39 is 47.7 Å². The zero-order chi connectivity index (χ0) is 30.2. The average Bonchev–Trinajstić information content (AvgIpc) is 2.85. The SMILES string of the molecule is CC=N/C(=C(/Cc1cc(F)cc(F)c1)NC(=O)CN(C)N=C(C)C(F)(F)F)C(C)c1ccc(F)c(C(N)=NC)c1. The van der Waals surface area contributed by atoms with Crippen molar-refractivity contribution in [1.82, 2.24) is 10.3 Å². The predicted octanol–water partition coefficient (Wildman–Crippen LogP) is 5.07. The van der Waals surface area contributed by atoms with Crippen molar-refractivity contribution in [2.24, 2.45) is 20.8 Å². The Morgan fingerprint density at radius 2 is 1.75 bits per heavy atom. The number of likely N-dealkylation sites (N-methyl/N-ethyl adjacent to an activating group) is 1. The van der Waals surface area contributed by atoms with Gasteiger partial charge in [-0.2, -0.15) is 18.3 Å². The van der Waals surface area contributed by atoms with Crippen LogP contribution in [0.5, 0.6) is 0 Å². The largest absolute Gasteiger partial charge is 0.430 e. The Labute approximate surface area is 228 Å². The number of aliphatic imine (C=N–C) groups is 2. The van der Waals surface area contributed by atoms with Crippen molar-refractivity contribution in [1.29, 1.82) is 0 Å². The third-order valence-electron chi connectivity index (χ3n) is 5.69. The molecule has 0 radical (unpaired) electrons. The maximum Gasteiger partial charge on any atom is 0.430 e. The van der Waals surface area contributed by atoms with E-state index in [-0.39, 0.29) is 34.8 Å². The number of rotatable bonds is 10. The summed E-state index contributed by atoms with van der Waals surface area (Å²) in [6, 6.07) is 6.99. The quantitative estimate of drug-likeness (QED) is 0.181. The maximum absolute atomic E-state index is 14.4. The van der Waals surface area contributed by atoms with Crippen LogP contribution in [0.4, 0.5) is 26.3 Å². The average molecular weight is 569 g/mol. The number of hydrazone groups is 1. The van der Waals surface area contributed by atoms with E-state index >= 15 is 0 Å². The smallest absolute Gasteiger partial charge is 0.383 e. The molecule has 7 nitrogen and oxygen atoms in total. The van der Waals surface area contributed by atoms with Crippen LogP contribution in [0.1, 0.15) is 43.4 Å². The fourth-order valence-corrected chi connectivity index (χ4v) is 3.76. The van der Waals surface area contributed by atoms with Crippen LogP contribution in [0.2, 0.25) is 0 Å². The molecule has 0 saturated heterocycles. The van der Waals surface area contributed by atoms with Gasteiger partial charge in [0.05, 0.1) is 11.3 Å². The Hall–Kier alpha value is -4.16. The number of benzene rings is 2. The summed E-state index contributed by atoms with van der Waals surface area (Å²) in [6.07, 6.45) is -3.44. The maximum atomic E-state index is 14.4. The first-order chi connectivity index (χ1) is 18.7. The molecule has 2 aromatic rings. The first-order valence-corrected chi connectivity index (χ1v) is 12.0. The van der Waals surface area contributed by atoms with Gasteiger partial charge in [0.1, 0.15) is 35.5 Å². The summed E-state index contributed by atoms with van der Waals surface area (Å²) < 4.78 is 80.8. The number of hydrogen-bond donors (Lipinski definition) is 2. The molecule has 3 N–H and O–H groups in total. The van der Waals surface area contributed by atoms with E-state index in [9.17, 15) is 31.1 Å². The molecule has 0 fully saturated rings. The number of carbonyl (C=O) groups excluding carboxylic acids is 1. The number of alkyl halides is 3. The summed E-state index contributed by atoms with van der Waals surface area (Å²) in [6.45, 7) is 3.51. The number of hydrogen-bond acceptors (Lipinski definition) is 5. The Balaban J connectivity index is 2.58. The van der Waals surface area contributed by atoms with Crippen LogP contribution in [-0.2, 0) is 11.2 Å². The van der Waals surface area contributed by atoms with E-state index in [4.69, 9.17) is 5.73 Å². The van der Waals surface area contributed by atoms with Gasteiger partial charge in [-0.1, -0.05) is 13.0 Å². The minimum atomic E-state index is -4.67. The monoisotopic (exact) mass is 568 g/mol. The highest BCUT2D eigenvalue weighted by molar-refractivity contribution is 5.97. The third kappa shape index (κ3) is 8.95. The molecule has 1 atom stereocenters. The van der Waals surface area contributed by atoms with Crippen molar-refractivity contribution in [2.45, 2.75) is 39.3 Å². The normalized spacial score (nSPS) is 14.3. The lowest BCUT2D eigenvalue weighted by molar-refractivity contribution is -0.121. The first kappa shape index (κ1) is 32.1. The number of amidine groups is 1. The van der Waals surface area contributed by atoms with E-state index in [1.165, 1.54) is 38.5 Å². The van der Waals surface area contributed by atoms with Crippen molar-refractivity contribution in [3.63, 3.8) is 0 Å². The third-order valence-corrected chi connectivity index (χ3v) is 5.69. The minimum Gasteiger partial charge on any atom is -0.383 e. The second kappa shape index (κ2) is 13.8. The number of halogens is 6. The summed E-state index contributed by atoms with van der Waals surface area (Å²) in [4.78, 5) is 21.1. The second-order valence-electron chi connectivity index (χ2n) is 8.82. The minimum absolute atomic E-state index is 0.0439. The Morgan fingerprint density at radius 1 is 1.12 bits per heavy atom. The van der Waals surface area contributed by atoms with E-state index in [0.717, 1.165) is 24.1 Å². The molecule has 0 saturated carbocycles. The predicted molar refractivity (Wildman–Crippen MR) is 143 cm³/mol. The number of allylic oxidation sites excluding steroid dienone is 2. The van der Waals surface area contributed by atoms with Gasteiger partial charge >= 0.3 is 6.18 Å². The van der Waals surface area contributed by atoms with Gasteiger partial charge in [-0.25, -0.2) is 13.2 Å². The molecule has 13 heteroatoms. The topological polar surface area (TPSA) is 95.4 Å². The Kier molecular flexibility index (Phi) is 11.0. The van der Waals surface area contributed by atoms with Gasteiger partial charge in [-0.3, -0.25) is 19.8 Å². The number of nitrogens with zero attached hydrogens (tertiary/aromatic N) is 4. The zero-order valence-corrected chi connectivity index (χ0v) is 22.6. The number of carbonyl (C=O) groups is 1. The molecule has 1 amide bonds. The molecule has 0 aliphatic carbocycles. The lowest BCUT2D eigenvalue weighted by atomic mass is 9.93. The standard InChI is InChI=1S/C27H30F6N6O/c1-6-36-25(15(2)18-7-8-22(30)21(12-18)26(34)35-4)23(11-17-9-19(28)13-20(29)10-17)37-24(40)14-39(5)38-16(3)27(31,32)33/h6-10,12-13,15H,11,14H2,1-5H3,(H2,34,35)(H,37,40)/b25-23-,36-6?,38-16?. The Morgan fingerprint density at radius 3 is 2.30 bits per heavy atom. The fourth-order valence-electron chi connectivity index (χ4n) is 3.76. The second-order valence-corrected chi connectivity index (χ2v) is 8.82. The molecular weight excluding hydrogens is 538 g/mol. The number of nitrogens with one attached hydrogen (secondary N) is 1. The molecule has 0 aliphatic heterocycles. The van der Waals surface area contributed by atoms with E-state index in [1.807, 2.05) is 0 Å². The molecule has 0 bridgehead atoms. The first-order valence-electron chi connectivity index (χ1n) is 12.0. The lowest BCUT2D eigenvalue weighted by Gasteiger charge is -2.21. The molecule has 216 valence electrons. The van der Waals surface area contributed by atoms with Gasteiger partial charge in [-0.05, 0) is 49.2 Å². The number of amides is 1. The highest BCUT2D eigenvalue weighted by atomic mass is 19.4. The van der Waals surface area contributed by atoms with Crippen LogP contribution >= 0.6 is 0 Å². The van der Waals surface area contributed by atoms with Crippen LogP contribution in [-0.4, -0.2) is 55.5 Å². The van der Waals surface area contributed by atoms with Crippen LogP contribution < -0.4 is 11.1 Å². The molecule has 40 heavy (non-hydrogen) atoms. The molecule has 2 aromatic carbocycles. The van der Waals surface area contributed by atoms with Crippen molar-refractivity contribution in [3.8, 4) is 0 Å². The van der Waals surface area contributed by atoms with Crippen molar-refractivity contribution < 1.29 is 31.1 Å².